The van der Waals surface area contributed by atoms with Gasteiger partial charge < -0.3 is 25.4 Å². The standard InChI is InChI=1S/C25H27N7O3/c1-3-21(33)32-12-4-5-17(14-32)31-25-22(24(27)29-15-30-25)23(26)16-6-11-20(28-13-16)35-19-9-7-18(34-2)8-10-19/h3,6-11,13,15,17,26H,1,4-5,12,14H2,2H3,(H3,27,29,30,31)/t17-/m1/s1. The van der Waals surface area contributed by atoms with Crippen LogP contribution in [0.4, 0.5) is 11.6 Å². The number of methoxy groups -OCH3 is 1. The van der Waals surface area contributed by atoms with E-state index in [2.05, 4.69) is 26.8 Å². The Balaban J connectivity index is 1.50. The SMILES string of the molecule is C=CC(=O)N1CCC[C@@H](Nc2ncnc(N)c2C(=N)c2ccc(Oc3ccc(OC)cc3)nc2)C1. The van der Waals surface area contributed by atoms with Crippen LogP contribution in [0, 0.1) is 5.41 Å². The third-order valence-electron chi connectivity index (χ3n) is 5.68. The van der Waals surface area contributed by atoms with Crippen molar-refractivity contribution < 1.29 is 14.3 Å². The van der Waals surface area contributed by atoms with E-state index in [-0.39, 0.29) is 23.5 Å². The Bertz CT molecular complexity index is 1210. The Labute approximate surface area is 203 Å². The quantitative estimate of drug-likeness (QED) is 0.335. The fourth-order valence-electron chi connectivity index (χ4n) is 3.87. The van der Waals surface area contributed by atoms with Crippen LogP contribution in [-0.2, 0) is 4.79 Å². The lowest BCUT2D eigenvalue weighted by Crippen LogP contribution is -2.44. The lowest BCUT2D eigenvalue weighted by molar-refractivity contribution is -0.127. The fourth-order valence-corrected chi connectivity index (χ4v) is 3.87. The summed E-state index contributed by atoms with van der Waals surface area (Å²) in [7, 11) is 1.60. The Morgan fingerprint density at radius 2 is 1.97 bits per heavy atom. The van der Waals surface area contributed by atoms with E-state index in [1.54, 1.807) is 54.6 Å². The van der Waals surface area contributed by atoms with Crippen molar-refractivity contribution >= 4 is 23.3 Å². The van der Waals surface area contributed by atoms with E-state index >= 15 is 0 Å². The number of ether oxygens (including phenoxy) is 2. The number of benzene rings is 1. The van der Waals surface area contributed by atoms with E-state index in [1.165, 1.54) is 12.4 Å². The summed E-state index contributed by atoms with van der Waals surface area (Å²) in [6.45, 7) is 4.77. The van der Waals surface area contributed by atoms with Gasteiger partial charge in [0.05, 0.1) is 18.4 Å². The third-order valence-corrected chi connectivity index (χ3v) is 5.68. The molecule has 0 bridgehead atoms. The third kappa shape index (κ3) is 5.55. The van der Waals surface area contributed by atoms with Gasteiger partial charge in [0.25, 0.3) is 0 Å². The van der Waals surface area contributed by atoms with Crippen LogP contribution in [0.25, 0.3) is 0 Å². The monoisotopic (exact) mass is 473 g/mol. The molecule has 1 saturated heterocycles. The Kier molecular flexibility index (Phi) is 7.20. The van der Waals surface area contributed by atoms with Gasteiger partial charge in [0.15, 0.2) is 0 Å². The normalized spacial score (nSPS) is 15.2. The number of nitrogens with two attached hydrogens (primary N) is 1. The predicted molar refractivity (Wildman–Crippen MR) is 133 cm³/mol. The first kappa shape index (κ1) is 23.7. The molecule has 1 aliphatic rings. The summed E-state index contributed by atoms with van der Waals surface area (Å²) in [4.78, 5) is 26.5. The van der Waals surface area contributed by atoms with Crippen LogP contribution in [0.1, 0.15) is 24.0 Å². The number of anilines is 2. The number of pyridine rings is 1. The van der Waals surface area contributed by atoms with Gasteiger partial charge in [0.2, 0.25) is 11.8 Å². The lowest BCUT2D eigenvalue weighted by Gasteiger charge is -2.33. The molecular weight excluding hydrogens is 446 g/mol. The molecule has 180 valence electrons. The minimum absolute atomic E-state index is 0.0353. The smallest absolute Gasteiger partial charge is 0.246 e. The largest absolute Gasteiger partial charge is 0.497 e. The van der Waals surface area contributed by atoms with Crippen molar-refractivity contribution in [3.8, 4) is 17.4 Å². The average Bonchev–Trinajstić information content (AvgIpc) is 2.89. The summed E-state index contributed by atoms with van der Waals surface area (Å²) in [5.74, 6) is 2.25. The zero-order valence-electron chi connectivity index (χ0n) is 19.4. The van der Waals surface area contributed by atoms with Crippen LogP contribution in [0.15, 0.2) is 61.6 Å². The number of amides is 1. The van der Waals surface area contributed by atoms with Gasteiger partial charge in [0.1, 0.15) is 29.5 Å². The zero-order chi connectivity index (χ0) is 24.8. The van der Waals surface area contributed by atoms with Crippen molar-refractivity contribution in [1.29, 1.82) is 5.41 Å². The topological polar surface area (TPSA) is 139 Å². The molecule has 3 aromatic rings. The number of hydrogen-bond acceptors (Lipinski definition) is 9. The van der Waals surface area contributed by atoms with Crippen molar-refractivity contribution in [1.82, 2.24) is 19.9 Å². The molecule has 2 aromatic heterocycles. The molecule has 1 fully saturated rings. The predicted octanol–water partition coefficient (Wildman–Crippen LogP) is 3.26. The Morgan fingerprint density at radius 3 is 2.66 bits per heavy atom. The molecule has 3 heterocycles. The van der Waals surface area contributed by atoms with Gasteiger partial charge >= 0.3 is 0 Å². The minimum atomic E-state index is -0.102. The number of hydrogen-bond donors (Lipinski definition) is 3. The molecule has 0 aliphatic carbocycles. The number of nitrogens with one attached hydrogen (secondary N) is 2. The van der Waals surface area contributed by atoms with Gasteiger partial charge in [-0.15, -0.1) is 0 Å². The summed E-state index contributed by atoms with van der Waals surface area (Å²) < 4.78 is 10.9. The van der Waals surface area contributed by atoms with Crippen LogP contribution in [0.3, 0.4) is 0 Å². The van der Waals surface area contributed by atoms with Crippen LogP contribution in [-0.4, -0.2) is 57.7 Å². The molecule has 0 radical (unpaired) electrons. The maximum Gasteiger partial charge on any atom is 0.246 e. The van der Waals surface area contributed by atoms with Gasteiger partial charge in [0, 0.05) is 37.0 Å². The molecule has 0 spiro atoms. The highest BCUT2D eigenvalue weighted by molar-refractivity contribution is 6.16. The molecule has 10 nitrogen and oxygen atoms in total. The Hall–Kier alpha value is -4.47. The molecule has 0 unspecified atom stereocenters. The number of nitrogen functional groups attached to an aromatic ring is 1. The number of rotatable bonds is 8. The van der Waals surface area contributed by atoms with Gasteiger partial charge in [-0.1, -0.05) is 6.58 Å². The molecule has 4 rings (SSSR count). The molecule has 1 aliphatic heterocycles. The van der Waals surface area contributed by atoms with Gasteiger partial charge in [-0.25, -0.2) is 15.0 Å². The molecule has 35 heavy (non-hydrogen) atoms. The second-order valence-corrected chi connectivity index (χ2v) is 7.99. The molecule has 10 heteroatoms. The average molecular weight is 474 g/mol. The summed E-state index contributed by atoms with van der Waals surface area (Å²) in [6.07, 6.45) is 5.93. The highest BCUT2D eigenvalue weighted by atomic mass is 16.5. The highest BCUT2D eigenvalue weighted by Crippen LogP contribution is 2.26. The minimum Gasteiger partial charge on any atom is -0.497 e. The summed E-state index contributed by atoms with van der Waals surface area (Å²) in [5, 5.41) is 12.1. The summed E-state index contributed by atoms with van der Waals surface area (Å²) in [6, 6.07) is 10.5. The van der Waals surface area contributed by atoms with Gasteiger partial charge in [-0.3, -0.25) is 10.2 Å². The first-order valence-electron chi connectivity index (χ1n) is 11.1. The summed E-state index contributed by atoms with van der Waals surface area (Å²) >= 11 is 0. The maximum absolute atomic E-state index is 12.0. The van der Waals surface area contributed by atoms with E-state index < -0.39 is 0 Å². The van der Waals surface area contributed by atoms with Gasteiger partial charge in [-0.2, -0.15) is 0 Å². The molecule has 1 aromatic carbocycles. The highest BCUT2D eigenvalue weighted by Gasteiger charge is 2.25. The van der Waals surface area contributed by atoms with Crippen molar-refractivity contribution in [2.24, 2.45) is 0 Å². The zero-order valence-corrected chi connectivity index (χ0v) is 19.4. The number of carbonyl (C=O) groups is 1. The number of piperidine rings is 1. The van der Waals surface area contributed by atoms with Crippen molar-refractivity contribution in [3.05, 3.63) is 72.7 Å². The van der Waals surface area contributed by atoms with Crippen molar-refractivity contribution in [3.63, 3.8) is 0 Å². The molecule has 0 saturated carbocycles. The van der Waals surface area contributed by atoms with Crippen molar-refractivity contribution in [2.45, 2.75) is 18.9 Å². The molecular formula is C25H27N7O3. The first-order chi connectivity index (χ1) is 17.0. The number of carbonyl (C=O) groups excluding carboxylic acids is 1. The van der Waals surface area contributed by atoms with Crippen LogP contribution >= 0.6 is 0 Å². The lowest BCUT2D eigenvalue weighted by atomic mass is 10.0. The van der Waals surface area contributed by atoms with Gasteiger partial charge in [-0.05, 0) is 49.2 Å². The summed E-state index contributed by atoms with van der Waals surface area (Å²) in [5.41, 5.74) is 7.19. The maximum atomic E-state index is 12.0. The van der Waals surface area contributed by atoms with E-state index in [0.29, 0.717) is 41.7 Å². The van der Waals surface area contributed by atoms with E-state index in [9.17, 15) is 4.79 Å². The van der Waals surface area contributed by atoms with Crippen LogP contribution in [0.5, 0.6) is 17.4 Å². The van der Waals surface area contributed by atoms with E-state index in [0.717, 1.165) is 18.6 Å². The Morgan fingerprint density at radius 1 is 1.20 bits per heavy atom. The number of nitrogens with zero attached hydrogens (tertiary/aromatic N) is 4. The fraction of sp³-hybridized carbons (Fsp3) is 0.240. The van der Waals surface area contributed by atoms with Crippen LogP contribution in [0.2, 0.25) is 0 Å². The second kappa shape index (κ2) is 10.6. The molecule has 4 N–H and O–H groups in total. The van der Waals surface area contributed by atoms with E-state index in [1.807, 2.05) is 0 Å². The number of likely N-dealkylation sites (tertiary alicyclic amines) is 1. The van der Waals surface area contributed by atoms with Crippen molar-refractivity contribution in [2.75, 3.05) is 31.2 Å². The number of aromatic nitrogens is 3. The molecule has 1 amide bonds. The second-order valence-electron chi connectivity index (χ2n) is 7.99. The van der Waals surface area contributed by atoms with E-state index in [4.69, 9.17) is 20.6 Å². The van der Waals surface area contributed by atoms with Crippen LogP contribution < -0.4 is 20.5 Å². The molecule has 1 atom stereocenters. The first-order valence-corrected chi connectivity index (χ1v) is 11.1.